The van der Waals surface area contributed by atoms with Crippen LogP contribution in [0, 0.1) is 6.92 Å². The van der Waals surface area contributed by atoms with Crippen LogP contribution in [0.25, 0.3) is 33.4 Å². The Morgan fingerprint density at radius 2 is 1.82 bits per heavy atom. The number of aromatic amines is 1. The average molecular weight is 555 g/mol. The van der Waals surface area contributed by atoms with Crippen LogP contribution in [0.15, 0.2) is 89.1 Å². The molecule has 0 saturated carbocycles. The van der Waals surface area contributed by atoms with Gasteiger partial charge in [-0.05, 0) is 62.4 Å². The van der Waals surface area contributed by atoms with E-state index in [-0.39, 0.29) is 10.5 Å². The highest BCUT2D eigenvalue weighted by atomic mass is 32.2. The molecule has 0 aliphatic rings. The second kappa shape index (κ2) is 9.74. The minimum absolute atomic E-state index is 0.146. The van der Waals surface area contributed by atoms with E-state index >= 15 is 0 Å². The van der Waals surface area contributed by atoms with E-state index in [2.05, 4.69) is 25.0 Å². The van der Waals surface area contributed by atoms with E-state index in [0.29, 0.717) is 39.4 Å². The number of para-hydroxylation sites is 1. The summed E-state index contributed by atoms with van der Waals surface area (Å²) in [5, 5.41) is 8.92. The molecule has 0 aliphatic heterocycles. The Balaban J connectivity index is 1.48. The lowest BCUT2D eigenvalue weighted by Gasteiger charge is -2.20. The predicted molar refractivity (Wildman–Crippen MR) is 153 cm³/mol. The van der Waals surface area contributed by atoms with Crippen molar-refractivity contribution < 1.29 is 8.42 Å². The lowest BCUT2D eigenvalue weighted by atomic mass is 10.1. The summed E-state index contributed by atoms with van der Waals surface area (Å²) in [4.78, 5) is 25.9. The van der Waals surface area contributed by atoms with Crippen LogP contribution in [0.4, 0.5) is 5.82 Å². The van der Waals surface area contributed by atoms with Crippen molar-refractivity contribution in [2.75, 3.05) is 12.4 Å². The third-order valence-corrected chi connectivity index (χ3v) is 8.27. The Morgan fingerprint density at radius 3 is 2.60 bits per heavy atom. The molecule has 6 aromatic rings. The van der Waals surface area contributed by atoms with Crippen LogP contribution in [0.2, 0.25) is 0 Å². The molecule has 202 valence electrons. The minimum Gasteiger partial charge on any atom is -0.360 e. The fourth-order valence-electron chi connectivity index (χ4n) is 4.86. The van der Waals surface area contributed by atoms with Crippen LogP contribution in [-0.4, -0.2) is 44.6 Å². The number of sulfonamides is 1. The molecule has 12 heteroatoms. The normalized spacial score (nSPS) is 12.7. The van der Waals surface area contributed by atoms with Gasteiger partial charge in [0.15, 0.2) is 5.82 Å². The molecule has 0 bridgehead atoms. The molecule has 3 N–H and O–H groups in total. The Labute approximate surface area is 229 Å². The zero-order valence-corrected chi connectivity index (χ0v) is 22.8. The smallest absolute Gasteiger partial charge is 0.282 e. The lowest BCUT2D eigenvalue weighted by Crippen LogP contribution is -2.29. The summed E-state index contributed by atoms with van der Waals surface area (Å²) in [7, 11) is -2.26. The maximum atomic E-state index is 13.7. The molecule has 0 saturated heterocycles. The van der Waals surface area contributed by atoms with Crippen molar-refractivity contribution in [2.24, 2.45) is 0 Å². The maximum Gasteiger partial charge on any atom is 0.282 e. The molecule has 0 aliphatic carbocycles. The summed E-state index contributed by atoms with van der Waals surface area (Å²) in [6, 6.07) is 17.4. The van der Waals surface area contributed by atoms with E-state index in [1.807, 2.05) is 56.3 Å². The zero-order chi connectivity index (χ0) is 28.0. The van der Waals surface area contributed by atoms with Crippen LogP contribution in [0.3, 0.4) is 0 Å². The Bertz CT molecular complexity index is 2050. The molecular formula is C28H26N8O3S. The lowest BCUT2D eigenvalue weighted by molar-refractivity contribution is 0.588. The van der Waals surface area contributed by atoms with Gasteiger partial charge in [-0.1, -0.05) is 30.3 Å². The number of hydrogen-bond donors (Lipinski definition) is 3. The van der Waals surface area contributed by atoms with Crippen molar-refractivity contribution in [3.63, 3.8) is 0 Å². The van der Waals surface area contributed by atoms with Gasteiger partial charge >= 0.3 is 0 Å². The van der Waals surface area contributed by atoms with Crippen molar-refractivity contribution >= 4 is 32.4 Å². The largest absolute Gasteiger partial charge is 0.360 e. The number of fused-ring (bicyclic) bond motifs is 2. The van der Waals surface area contributed by atoms with E-state index in [1.165, 1.54) is 19.4 Å². The van der Waals surface area contributed by atoms with Gasteiger partial charge in [0, 0.05) is 18.0 Å². The number of nitrogens with one attached hydrogen (secondary N) is 3. The summed E-state index contributed by atoms with van der Waals surface area (Å²) in [5.74, 6) is 0.999. The number of aryl methyl sites for hydroxylation is 1. The molecule has 4 heterocycles. The summed E-state index contributed by atoms with van der Waals surface area (Å²) >= 11 is 0. The third-order valence-electron chi connectivity index (χ3n) is 6.86. The molecule has 11 nitrogen and oxygen atoms in total. The van der Waals surface area contributed by atoms with E-state index in [1.54, 1.807) is 33.6 Å². The van der Waals surface area contributed by atoms with Gasteiger partial charge in [0.2, 0.25) is 10.0 Å². The first-order valence-electron chi connectivity index (χ1n) is 12.6. The first kappa shape index (κ1) is 25.5. The second-order valence-electron chi connectivity index (χ2n) is 9.38. The first-order chi connectivity index (χ1) is 19.3. The van der Waals surface area contributed by atoms with Crippen LogP contribution < -0.4 is 15.6 Å². The minimum atomic E-state index is -3.63. The van der Waals surface area contributed by atoms with Crippen molar-refractivity contribution in [1.82, 2.24) is 33.9 Å². The quantitative estimate of drug-likeness (QED) is 0.273. The number of nitrogens with zero attached hydrogens (tertiary/aromatic N) is 5. The fourth-order valence-corrected chi connectivity index (χ4v) is 5.63. The molecule has 0 spiro atoms. The van der Waals surface area contributed by atoms with Gasteiger partial charge < -0.3 is 10.3 Å². The van der Waals surface area contributed by atoms with Gasteiger partial charge in [0.1, 0.15) is 23.3 Å². The topological polar surface area (TPSA) is 139 Å². The summed E-state index contributed by atoms with van der Waals surface area (Å²) in [6.45, 7) is 3.79. The molecule has 6 rings (SSSR count). The fraction of sp³-hybridized carbons (Fsp3) is 0.143. The monoisotopic (exact) mass is 554 g/mol. The number of aromatic nitrogens is 6. The highest BCUT2D eigenvalue weighted by Crippen LogP contribution is 2.34. The molecule has 0 radical (unpaired) electrons. The molecule has 0 amide bonds. The maximum absolute atomic E-state index is 13.7. The summed E-state index contributed by atoms with van der Waals surface area (Å²) in [5.41, 5.74) is 3.85. The molecule has 4 aromatic heterocycles. The average Bonchev–Trinajstić information content (AvgIpc) is 3.58. The van der Waals surface area contributed by atoms with Crippen LogP contribution in [0.1, 0.15) is 24.4 Å². The predicted octanol–water partition coefficient (Wildman–Crippen LogP) is 3.81. The van der Waals surface area contributed by atoms with Crippen molar-refractivity contribution in [2.45, 2.75) is 24.8 Å². The van der Waals surface area contributed by atoms with Gasteiger partial charge in [-0.15, -0.1) is 0 Å². The number of rotatable bonds is 7. The highest BCUT2D eigenvalue weighted by Gasteiger charge is 2.22. The Morgan fingerprint density at radius 1 is 1.02 bits per heavy atom. The molecule has 40 heavy (non-hydrogen) atoms. The van der Waals surface area contributed by atoms with Crippen molar-refractivity contribution in [3.05, 3.63) is 101 Å². The van der Waals surface area contributed by atoms with Crippen LogP contribution in [0.5, 0.6) is 0 Å². The number of H-pyrrole nitrogens is 1. The third kappa shape index (κ3) is 4.23. The number of hydrogen-bond acceptors (Lipinski definition) is 7. The SMILES string of the molecule is CNS(=O)(=O)c1cccc(-c2c[nH]c3ncnc(NC(C)c4nn5ccc(C)c5c(=O)n4-c4ccccc4)c23)c1. The first-order valence-corrected chi connectivity index (χ1v) is 14.1. The van der Waals surface area contributed by atoms with Crippen LogP contribution >= 0.6 is 0 Å². The van der Waals surface area contributed by atoms with E-state index in [4.69, 9.17) is 5.10 Å². The standard InChI is InChI=1S/C28H26N8O3S/c1-17-12-13-35-24(17)28(37)36(20-9-5-4-6-10-20)27(34-35)18(2)33-26-23-22(15-30-25(23)31-16-32-26)19-8-7-11-21(14-19)40(38,39)29-3/h4-16,18,29H,1-3H3,(H2,30,31,32,33). The molecule has 2 aromatic carbocycles. The summed E-state index contributed by atoms with van der Waals surface area (Å²) < 4.78 is 30.4. The molecule has 1 unspecified atom stereocenters. The van der Waals surface area contributed by atoms with Crippen LogP contribution in [-0.2, 0) is 10.0 Å². The Kier molecular flexibility index (Phi) is 6.20. The molecular weight excluding hydrogens is 528 g/mol. The highest BCUT2D eigenvalue weighted by molar-refractivity contribution is 7.89. The second-order valence-corrected chi connectivity index (χ2v) is 11.3. The van der Waals surface area contributed by atoms with Gasteiger partial charge in [-0.3, -0.25) is 9.36 Å². The van der Waals surface area contributed by atoms with Crippen molar-refractivity contribution in [3.8, 4) is 16.8 Å². The zero-order valence-electron chi connectivity index (χ0n) is 22.0. The number of anilines is 1. The van der Waals surface area contributed by atoms with E-state index in [9.17, 15) is 13.2 Å². The summed E-state index contributed by atoms with van der Waals surface area (Å²) in [6.07, 6.45) is 4.99. The van der Waals surface area contributed by atoms with Gasteiger partial charge in [-0.25, -0.2) is 27.6 Å². The van der Waals surface area contributed by atoms with E-state index in [0.717, 1.165) is 11.1 Å². The van der Waals surface area contributed by atoms with Crippen molar-refractivity contribution in [1.29, 1.82) is 0 Å². The van der Waals surface area contributed by atoms with Gasteiger partial charge in [-0.2, -0.15) is 5.10 Å². The molecule has 0 fully saturated rings. The molecule has 1 atom stereocenters. The van der Waals surface area contributed by atoms with Gasteiger partial charge in [0.25, 0.3) is 5.56 Å². The van der Waals surface area contributed by atoms with E-state index < -0.39 is 16.1 Å². The number of benzene rings is 2. The van der Waals surface area contributed by atoms with Gasteiger partial charge in [0.05, 0.1) is 22.0 Å². The Hall–Kier alpha value is -4.81.